The van der Waals surface area contributed by atoms with Crippen molar-refractivity contribution in [3.8, 4) is 0 Å². The summed E-state index contributed by atoms with van der Waals surface area (Å²) in [5, 5.41) is 3.17. The molecule has 23 heavy (non-hydrogen) atoms. The fraction of sp³-hybridized carbons (Fsp3) is 0.611. The molecule has 3 fully saturated rings. The second kappa shape index (κ2) is 6.49. The van der Waals surface area contributed by atoms with Gasteiger partial charge in [0.25, 0.3) is 0 Å². The molecule has 0 aliphatic carbocycles. The summed E-state index contributed by atoms with van der Waals surface area (Å²) in [6.45, 7) is 1.93. The Labute approximate surface area is 136 Å². The summed E-state index contributed by atoms with van der Waals surface area (Å²) >= 11 is 0. The number of amides is 2. The largest absolute Gasteiger partial charge is 0.374 e. The van der Waals surface area contributed by atoms with Gasteiger partial charge in [-0.2, -0.15) is 0 Å². The highest BCUT2D eigenvalue weighted by molar-refractivity contribution is 5.74. The number of ether oxygens (including phenoxy) is 2. The van der Waals surface area contributed by atoms with Crippen molar-refractivity contribution in [3.63, 3.8) is 0 Å². The van der Waals surface area contributed by atoms with Gasteiger partial charge in [0.15, 0.2) is 0 Å². The van der Waals surface area contributed by atoms with Gasteiger partial charge in [-0.25, -0.2) is 4.79 Å². The van der Waals surface area contributed by atoms with E-state index in [1.165, 1.54) is 5.56 Å². The molecule has 1 aromatic rings. The maximum absolute atomic E-state index is 12.5. The van der Waals surface area contributed by atoms with Crippen LogP contribution in [0.5, 0.6) is 0 Å². The maximum Gasteiger partial charge on any atom is 0.317 e. The molecule has 3 saturated heterocycles. The third-order valence-corrected chi connectivity index (χ3v) is 5.15. The van der Waals surface area contributed by atoms with Crippen LogP contribution in [0.1, 0.15) is 24.8 Å². The number of urea groups is 1. The lowest BCUT2D eigenvalue weighted by Crippen LogP contribution is -2.53. The first-order valence-corrected chi connectivity index (χ1v) is 8.64. The molecule has 5 nitrogen and oxygen atoms in total. The zero-order valence-corrected chi connectivity index (χ0v) is 13.3. The van der Waals surface area contributed by atoms with Gasteiger partial charge in [-0.05, 0) is 24.8 Å². The van der Waals surface area contributed by atoms with Crippen molar-refractivity contribution in [3.05, 3.63) is 35.9 Å². The molecule has 3 heterocycles. The molecule has 2 amide bonds. The van der Waals surface area contributed by atoms with E-state index in [0.717, 1.165) is 25.7 Å². The number of carbonyl (C=O) groups is 1. The quantitative estimate of drug-likeness (QED) is 0.927. The minimum Gasteiger partial charge on any atom is -0.374 e. The van der Waals surface area contributed by atoms with E-state index >= 15 is 0 Å². The number of nitrogens with one attached hydrogen (secondary N) is 1. The molecule has 0 unspecified atom stereocenters. The summed E-state index contributed by atoms with van der Waals surface area (Å²) in [6, 6.07) is 10.5. The summed E-state index contributed by atoms with van der Waals surface area (Å²) in [5.74, 6) is 0. The van der Waals surface area contributed by atoms with Crippen LogP contribution in [-0.4, -0.2) is 55.0 Å². The van der Waals surface area contributed by atoms with Gasteiger partial charge in [0, 0.05) is 19.5 Å². The number of hydrogen-bond donors (Lipinski definition) is 1. The predicted molar refractivity (Wildman–Crippen MR) is 86.3 cm³/mol. The molecule has 2 bridgehead atoms. The van der Waals surface area contributed by atoms with Crippen molar-refractivity contribution in [2.45, 2.75) is 50.0 Å². The molecule has 3 aliphatic rings. The minimum atomic E-state index is 0.0347. The van der Waals surface area contributed by atoms with Gasteiger partial charge < -0.3 is 19.7 Å². The summed E-state index contributed by atoms with van der Waals surface area (Å²) in [4.78, 5) is 14.4. The molecule has 4 rings (SSSR count). The molecule has 0 saturated carbocycles. The Morgan fingerprint density at radius 3 is 2.87 bits per heavy atom. The molecule has 0 radical (unpaired) electrons. The Bertz CT molecular complexity index is 550. The highest BCUT2D eigenvalue weighted by Gasteiger charge is 2.42. The lowest BCUT2D eigenvalue weighted by atomic mass is 9.96. The number of nitrogens with zero attached hydrogens (tertiary/aromatic N) is 1. The third-order valence-electron chi connectivity index (χ3n) is 5.15. The fourth-order valence-corrected chi connectivity index (χ4v) is 3.94. The van der Waals surface area contributed by atoms with Crippen molar-refractivity contribution in [1.29, 1.82) is 0 Å². The first-order valence-electron chi connectivity index (χ1n) is 8.64. The molecule has 1 aromatic carbocycles. The zero-order chi connectivity index (χ0) is 15.6. The fourth-order valence-electron chi connectivity index (χ4n) is 3.94. The van der Waals surface area contributed by atoms with Gasteiger partial charge >= 0.3 is 6.03 Å². The van der Waals surface area contributed by atoms with E-state index < -0.39 is 0 Å². The zero-order valence-electron chi connectivity index (χ0n) is 13.3. The summed E-state index contributed by atoms with van der Waals surface area (Å²) in [7, 11) is 0. The standard InChI is InChI=1S/C18H24N2O3/c21-18(19-16-11-14-6-7-17(16)23-14)20-8-9-22-15(12-20)10-13-4-2-1-3-5-13/h1-5,14-17H,6-12H2,(H,19,21)/t14-,15+,16-,17-/m1/s1. The average molecular weight is 316 g/mol. The predicted octanol–water partition coefficient (Wildman–Crippen LogP) is 1.96. The second-order valence-corrected chi connectivity index (χ2v) is 6.79. The number of morpholine rings is 1. The molecule has 124 valence electrons. The SMILES string of the molecule is O=C(N[C@@H]1C[C@H]2CC[C@H]1O2)N1CCO[C@@H](Cc2ccccc2)C1. The first kappa shape index (κ1) is 15.0. The molecule has 3 aliphatic heterocycles. The average Bonchev–Trinajstić information content (AvgIpc) is 3.19. The van der Waals surface area contributed by atoms with E-state index in [1.54, 1.807) is 0 Å². The van der Waals surface area contributed by atoms with Crippen LogP contribution in [0.15, 0.2) is 30.3 Å². The molecule has 5 heteroatoms. The number of rotatable bonds is 3. The number of fused-ring (bicyclic) bond motifs is 2. The van der Waals surface area contributed by atoms with Crippen LogP contribution in [-0.2, 0) is 15.9 Å². The van der Waals surface area contributed by atoms with E-state index in [4.69, 9.17) is 9.47 Å². The lowest BCUT2D eigenvalue weighted by molar-refractivity contribution is -0.0139. The number of benzene rings is 1. The Morgan fingerprint density at radius 1 is 1.26 bits per heavy atom. The Hall–Kier alpha value is -1.59. The van der Waals surface area contributed by atoms with E-state index in [9.17, 15) is 4.79 Å². The van der Waals surface area contributed by atoms with Crippen LogP contribution in [0.25, 0.3) is 0 Å². The summed E-state index contributed by atoms with van der Waals surface area (Å²) in [5.41, 5.74) is 1.25. The molecule has 4 atom stereocenters. The van der Waals surface area contributed by atoms with E-state index in [1.807, 2.05) is 23.1 Å². The molecular weight excluding hydrogens is 292 g/mol. The van der Waals surface area contributed by atoms with Gasteiger partial charge in [0.2, 0.25) is 0 Å². The van der Waals surface area contributed by atoms with E-state index in [0.29, 0.717) is 25.8 Å². The van der Waals surface area contributed by atoms with E-state index in [2.05, 4.69) is 17.4 Å². The molecular formula is C18H24N2O3. The van der Waals surface area contributed by atoms with Crippen LogP contribution in [0.3, 0.4) is 0 Å². The van der Waals surface area contributed by atoms with Crippen LogP contribution in [0, 0.1) is 0 Å². The van der Waals surface area contributed by atoms with Crippen molar-refractivity contribution < 1.29 is 14.3 Å². The third kappa shape index (κ3) is 3.35. The Kier molecular flexibility index (Phi) is 4.23. The van der Waals surface area contributed by atoms with Gasteiger partial charge in [-0.3, -0.25) is 0 Å². The Balaban J connectivity index is 1.31. The monoisotopic (exact) mass is 316 g/mol. The normalized spacial score (nSPS) is 33.0. The minimum absolute atomic E-state index is 0.0347. The van der Waals surface area contributed by atoms with Gasteiger partial charge in [0.1, 0.15) is 0 Å². The first-order chi connectivity index (χ1) is 11.3. The number of carbonyl (C=O) groups excluding carboxylic acids is 1. The molecule has 0 spiro atoms. The number of hydrogen-bond acceptors (Lipinski definition) is 3. The van der Waals surface area contributed by atoms with Crippen molar-refractivity contribution in [1.82, 2.24) is 10.2 Å². The van der Waals surface area contributed by atoms with Crippen molar-refractivity contribution in [2.24, 2.45) is 0 Å². The lowest BCUT2D eigenvalue weighted by Gasteiger charge is -2.34. The second-order valence-electron chi connectivity index (χ2n) is 6.79. The maximum atomic E-state index is 12.5. The Morgan fingerprint density at radius 2 is 2.13 bits per heavy atom. The summed E-state index contributed by atoms with van der Waals surface area (Å²) < 4.78 is 11.7. The molecule has 0 aromatic heterocycles. The van der Waals surface area contributed by atoms with Crippen LogP contribution in [0.4, 0.5) is 4.79 Å². The van der Waals surface area contributed by atoms with Crippen LogP contribution in [0.2, 0.25) is 0 Å². The van der Waals surface area contributed by atoms with Gasteiger partial charge in [0.05, 0.1) is 31.0 Å². The van der Waals surface area contributed by atoms with Crippen molar-refractivity contribution >= 4 is 6.03 Å². The van der Waals surface area contributed by atoms with Gasteiger partial charge in [-0.1, -0.05) is 30.3 Å². The van der Waals surface area contributed by atoms with Gasteiger partial charge in [-0.15, -0.1) is 0 Å². The summed E-state index contributed by atoms with van der Waals surface area (Å²) in [6.07, 6.45) is 4.71. The van der Waals surface area contributed by atoms with Crippen molar-refractivity contribution in [2.75, 3.05) is 19.7 Å². The van der Waals surface area contributed by atoms with E-state index in [-0.39, 0.29) is 24.3 Å². The van der Waals surface area contributed by atoms with Crippen LogP contribution >= 0.6 is 0 Å². The van der Waals surface area contributed by atoms with Crippen LogP contribution < -0.4 is 5.32 Å². The highest BCUT2D eigenvalue weighted by atomic mass is 16.5. The highest BCUT2D eigenvalue weighted by Crippen LogP contribution is 2.34. The smallest absolute Gasteiger partial charge is 0.317 e. The topological polar surface area (TPSA) is 50.8 Å². The molecule has 1 N–H and O–H groups in total.